The third-order valence-electron chi connectivity index (χ3n) is 2.30. The van der Waals surface area contributed by atoms with Gasteiger partial charge in [-0.3, -0.25) is 4.99 Å². The lowest BCUT2D eigenvalue weighted by molar-refractivity contribution is 0.934. The molecule has 0 amide bonds. The van der Waals surface area contributed by atoms with E-state index >= 15 is 0 Å². The normalized spacial score (nSPS) is 13.9. The second-order valence-electron chi connectivity index (χ2n) is 3.12. The first-order chi connectivity index (χ1) is 6.92. The van der Waals surface area contributed by atoms with Gasteiger partial charge in [0.25, 0.3) is 0 Å². The summed E-state index contributed by atoms with van der Waals surface area (Å²) in [5.74, 6) is 0. The van der Waals surface area contributed by atoms with Gasteiger partial charge >= 0.3 is 0 Å². The molecule has 0 aromatic heterocycles. The highest BCUT2D eigenvalue weighted by atomic mass is 15.1. The summed E-state index contributed by atoms with van der Waals surface area (Å²) in [6.45, 7) is 1.15. The molecule has 70 valence electrons. The van der Waals surface area contributed by atoms with Crippen molar-refractivity contribution in [1.82, 2.24) is 0 Å². The first kappa shape index (κ1) is 8.78. The van der Waals surface area contributed by atoms with Crippen molar-refractivity contribution in [2.45, 2.75) is 6.42 Å². The van der Waals surface area contributed by atoms with Crippen molar-refractivity contribution in [1.29, 1.82) is 0 Å². The maximum absolute atomic E-state index is 8.25. The van der Waals surface area contributed by atoms with E-state index in [-0.39, 0.29) is 0 Å². The molecule has 0 atom stereocenters. The first-order valence-electron chi connectivity index (χ1n) is 4.54. The number of fused-ring (bicyclic) bond motifs is 1. The minimum absolute atomic E-state index is 0.355. The van der Waals surface area contributed by atoms with Crippen LogP contribution < -0.4 is 0 Å². The Kier molecular flexibility index (Phi) is 2.47. The summed E-state index contributed by atoms with van der Waals surface area (Å²) >= 11 is 0. The van der Waals surface area contributed by atoms with E-state index in [9.17, 15) is 0 Å². The first-order valence-corrected chi connectivity index (χ1v) is 4.54. The highest BCUT2D eigenvalue weighted by molar-refractivity contribution is 6.04. The van der Waals surface area contributed by atoms with Crippen LogP contribution in [0.3, 0.4) is 0 Å². The van der Waals surface area contributed by atoms with E-state index in [0.717, 1.165) is 24.2 Å². The van der Waals surface area contributed by atoms with Crippen molar-refractivity contribution in [3.05, 3.63) is 45.8 Å². The number of aliphatic imine (C=N–C) groups is 1. The Balaban J connectivity index is 2.35. The highest BCUT2D eigenvalue weighted by Gasteiger charge is 2.11. The van der Waals surface area contributed by atoms with Gasteiger partial charge in [-0.15, -0.1) is 0 Å². The van der Waals surface area contributed by atoms with E-state index in [1.54, 1.807) is 0 Å². The second-order valence-corrected chi connectivity index (χ2v) is 3.12. The summed E-state index contributed by atoms with van der Waals surface area (Å²) < 4.78 is 0. The zero-order valence-corrected chi connectivity index (χ0v) is 7.72. The Hall–Kier alpha value is -1.80. The summed E-state index contributed by atoms with van der Waals surface area (Å²) in [5, 5.41) is 3.54. The summed E-state index contributed by atoms with van der Waals surface area (Å²) in [7, 11) is 0. The predicted octanol–water partition coefficient (Wildman–Crippen LogP) is 2.34. The van der Waals surface area contributed by atoms with Gasteiger partial charge in [0.2, 0.25) is 0 Å². The number of benzene rings is 1. The molecule has 0 aliphatic carbocycles. The lowest BCUT2D eigenvalue weighted by Crippen LogP contribution is -2.14. The van der Waals surface area contributed by atoms with Gasteiger partial charge in [0.05, 0.1) is 6.54 Å². The fourth-order valence-corrected chi connectivity index (χ4v) is 1.65. The Bertz CT molecular complexity index is 416. The fourth-order valence-electron chi connectivity index (χ4n) is 1.65. The Morgan fingerprint density at radius 1 is 1.43 bits per heavy atom. The van der Waals surface area contributed by atoms with Crippen LogP contribution in [0.2, 0.25) is 0 Å². The number of rotatable bonds is 2. The van der Waals surface area contributed by atoms with Crippen LogP contribution in [0.1, 0.15) is 11.1 Å². The molecule has 0 saturated heterocycles. The van der Waals surface area contributed by atoms with Crippen LogP contribution >= 0.6 is 0 Å². The molecule has 0 spiro atoms. The molecule has 1 aromatic carbocycles. The molecular weight excluding hydrogens is 176 g/mol. The van der Waals surface area contributed by atoms with Crippen molar-refractivity contribution >= 4 is 5.71 Å². The Morgan fingerprint density at radius 2 is 2.29 bits per heavy atom. The third kappa shape index (κ3) is 1.60. The molecule has 14 heavy (non-hydrogen) atoms. The largest absolute Gasteiger partial charge is 0.289 e. The minimum atomic E-state index is 0.355. The zero-order chi connectivity index (χ0) is 9.80. The van der Waals surface area contributed by atoms with Gasteiger partial charge in [-0.05, 0) is 23.1 Å². The monoisotopic (exact) mass is 186 g/mol. The van der Waals surface area contributed by atoms with Crippen molar-refractivity contribution < 1.29 is 0 Å². The lowest BCUT2D eigenvalue weighted by atomic mass is 9.98. The summed E-state index contributed by atoms with van der Waals surface area (Å²) in [6, 6.07) is 8.13. The maximum Gasteiger partial charge on any atom is 0.0686 e. The smallest absolute Gasteiger partial charge is 0.0686 e. The summed E-state index contributed by atoms with van der Waals surface area (Å²) in [4.78, 5) is 7.11. The maximum atomic E-state index is 8.25. The van der Waals surface area contributed by atoms with Crippen LogP contribution in [-0.4, -0.2) is 18.8 Å². The molecule has 0 bridgehead atoms. The molecule has 1 aromatic rings. The van der Waals surface area contributed by atoms with Gasteiger partial charge in [-0.2, -0.15) is 0 Å². The van der Waals surface area contributed by atoms with Gasteiger partial charge in [-0.25, -0.2) is 0 Å². The summed E-state index contributed by atoms with van der Waals surface area (Å²) in [6.07, 6.45) is 0.982. The topological polar surface area (TPSA) is 61.1 Å². The fraction of sp³-hybridized carbons (Fsp3) is 0.300. The third-order valence-corrected chi connectivity index (χ3v) is 2.30. The van der Waals surface area contributed by atoms with E-state index in [1.165, 1.54) is 5.56 Å². The predicted molar refractivity (Wildman–Crippen MR) is 55.6 cm³/mol. The molecule has 1 aliphatic rings. The molecule has 0 unspecified atom stereocenters. The average molecular weight is 186 g/mol. The van der Waals surface area contributed by atoms with Crippen LogP contribution in [0.4, 0.5) is 0 Å². The quantitative estimate of drug-likeness (QED) is 0.386. The molecular formula is C10H10N4. The van der Waals surface area contributed by atoms with Crippen molar-refractivity contribution in [3.63, 3.8) is 0 Å². The Labute approximate surface area is 81.9 Å². The zero-order valence-electron chi connectivity index (χ0n) is 7.72. The molecule has 0 N–H and O–H groups in total. The van der Waals surface area contributed by atoms with E-state index in [2.05, 4.69) is 21.1 Å². The number of hydrogen-bond acceptors (Lipinski definition) is 2. The number of azide groups is 1. The minimum Gasteiger partial charge on any atom is -0.289 e. The van der Waals surface area contributed by atoms with Crippen molar-refractivity contribution in [3.8, 4) is 0 Å². The van der Waals surface area contributed by atoms with E-state index in [0.29, 0.717) is 6.54 Å². The average Bonchev–Trinajstić information content (AvgIpc) is 2.26. The van der Waals surface area contributed by atoms with E-state index < -0.39 is 0 Å². The second kappa shape index (κ2) is 3.94. The molecule has 0 saturated carbocycles. The molecule has 1 heterocycles. The standard InChI is InChI=1S/C10H10N4/c11-14-13-7-10-9-4-2-1-3-8(9)5-6-12-10/h1-4H,5-7H2. The van der Waals surface area contributed by atoms with Gasteiger partial charge < -0.3 is 0 Å². The van der Waals surface area contributed by atoms with Crippen LogP contribution in [0.25, 0.3) is 10.4 Å². The SMILES string of the molecule is [N-]=[N+]=NCC1=NCCc2ccccc21. The molecule has 4 nitrogen and oxygen atoms in total. The molecule has 1 aliphatic heterocycles. The Morgan fingerprint density at radius 3 is 3.14 bits per heavy atom. The number of hydrogen-bond donors (Lipinski definition) is 0. The van der Waals surface area contributed by atoms with Crippen molar-refractivity contribution in [2.75, 3.05) is 13.1 Å². The molecule has 4 heteroatoms. The molecule has 0 radical (unpaired) electrons. The highest BCUT2D eigenvalue weighted by Crippen LogP contribution is 2.15. The van der Waals surface area contributed by atoms with Crippen LogP contribution in [-0.2, 0) is 6.42 Å². The lowest BCUT2D eigenvalue weighted by Gasteiger charge is -2.14. The van der Waals surface area contributed by atoms with Crippen LogP contribution in [0.15, 0.2) is 34.4 Å². The van der Waals surface area contributed by atoms with E-state index in [4.69, 9.17) is 5.53 Å². The van der Waals surface area contributed by atoms with Gasteiger partial charge in [0.15, 0.2) is 0 Å². The van der Waals surface area contributed by atoms with Gasteiger partial charge in [0.1, 0.15) is 0 Å². The number of nitrogens with zero attached hydrogens (tertiary/aromatic N) is 4. The van der Waals surface area contributed by atoms with Gasteiger partial charge in [-0.1, -0.05) is 29.4 Å². The van der Waals surface area contributed by atoms with Crippen LogP contribution in [0.5, 0.6) is 0 Å². The molecule has 0 fully saturated rings. The summed E-state index contributed by atoms with van der Waals surface area (Å²) in [5.41, 5.74) is 11.6. The van der Waals surface area contributed by atoms with Crippen LogP contribution in [0, 0.1) is 0 Å². The van der Waals surface area contributed by atoms with E-state index in [1.807, 2.05) is 18.2 Å². The van der Waals surface area contributed by atoms with Gasteiger partial charge in [0, 0.05) is 17.2 Å². The molecule has 2 rings (SSSR count). The van der Waals surface area contributed by atoms with Crippen molar-refractivity contribution in [2.24, 2.45) is 10.1 Å².